The lowest BCUT2D eigenvalue weighted by molar-refractivity contribution is -0.123. The first-order valence-corrected chi connectivity index (χ1v) is 8.37. The first-order valence-electron chi connectivity index (χ1n) is 8.37. The van der Waals surface area contributed by atoms with Gasteiger partial charge in [0.05, 0.1) is 25.4 Å². The summed E-state index contributed by atoms with van der Waals surface area (Å²) in [4.78, 5) is 23.7. The zero-order valence-electron chi connectivity index (χ0n) is 15.0. The Labute approximate surface area is 143 Å². The third kappa shape index (κ3) is 8.88. The van der Waals surface area contributed by atoms with Crippen LogP contribution in [-0.4, -0.2) is 54.1 Å². The standard InChI is InChI=1S/C17H30N2O5/c1-12(18-16(22)24-17(2,3)4)8-9-15(21)19-13-7-5-6-10-23-11-14(13)20/h5-6,12-14,20H,7-11H2,1-4H3,(H,18,22)(H,19,21)/t12-,13?,14+/m0/s1. The molecule has 0 aromatic rings. The second kappa shape index (κ2) is 9.64. The molecule has 0 fully saturated rings. The van der Waals surface area contributed by atoms with Gasteiger partial charge in [-0.05, 0) is 40.5 Å². The molecule has 0 bridgehead atoms. The fourth-order valence-corrected chi connectivity index (χ4v) is 2.20. The molecule has 1 aliphatic rings. The fourth-order valence-electron chi connectivity index (χ4n) is 2.20. The maximum absolute atomic E-state index is 12.0. The topological polar surface area (TPSA) is 96.9 Å². The van der Waals surface area contributed by atoms with E-state index in [4.69, 9.17) is 9.47 Å². The van der Waals surface area contributed by atoms with E-state index < -0.39 is 17.8 Å². The molecule has 0 saturated carbocycles. The highest BCUT2D eigenvalue weighted by Gasteiger charge is 2.22. The molecule has 0 spiro atoms. The van der Waals surface area contributed by atoms with Crippen LogP contribution in [0.1, 0.15) is 47.0 Å². The van der Waals surface area contributed by atoms with Crippen LogP contribution >= 0.6 is 0 Å². The zero-order chi connectivity index (χ0) is 18.2. The summed E-state index contributed by atoms with van der Waals surface area (Å²) in [5, 5.41) is 15.5. The summed E-state index contributed by atoms with van der Waals surface area (Å²) in [6.07, 6.45) is 3.86. The number of amides is 2. The Morgan fingerprint density at radius 2 is 2.08 bits per heavy atom. The number of aliphatic hydroxyl groups is 1. The normalized spacial score (nSPS) is 22.9. The van der Waals surface area contributed by atoms with E-state index in [9.17, 15) is 14.7 Å². The molecule has 0 aromatic heterocycles. The predicted octanol–water partition coefficient (Wildman–Crippen LogP) is 1.50. The number of ether oxygens (including phenoxy) is 2. The molecule has 7 nitrogen and oxygen atoms in total. The summed E-state index contributed by atoms with van der Waals surface area (Å²) in [5.41, 5.74) is -0.550. The van der Waals surface area contributed by atoms with Gasteiger partial charge >= 0.3 is 6.09 Å². The van der Waals surface area contributed by atoms with Crippen LogP contribution < -0.4 is 10.6 Å². The lowest BCUT2D eigenvalue weighted by atomic mass is 10.1. The van der Waals surface area contributed by atoms with Crippen LogP contribution in [0.5, 0.6) is 0 Å². The zero-order valence-corrected chi connectivity index (χ0v) is 15.0. The number of nitrogens with one attached hydrogen (secondary N) is 2. The summed E-state index contributed by atoms with van der Waals surface area (Å²) in [7, 11) is 0. The SMILES string of the molecule is C[C@@H](CCC(=O)NC1CC=CCOC[C@H]1O)NC(=O)OC(C)(C)C. The molecule has 0 aliphatic carbocycles. The minimum atomic E-state index is -0.726. The number of aliphatic hydroxyl groups excluding tert-OH is 1. The molecular weight excluding hydrogens is 312 g/mol. The first kappa shape index (κ1) is 20.4. The van der Waals surface area contributed by atoms with Gasteiger partial charge in [-0.2, -0.15) is 0 Å². The van der Waals surface area contributed by atoms with Crippen LogP contribution in [0.2, 0.25) is 0 Å². The number of alkyl carbamates (subject to hydrolysis) is 1. The second-order valence-electron chi connectivity index (χ2n) is 7.07. The van der Waals surface area contributed by atoms with Gasteiger partial charge in [-0.15, -0.1) is 0 Å². The lowest BCUT2D eigenvalue weighted by Gasteiger charge is -2.25. The maximum Gasteiger partial charge on any atom is 0.407 e. The first-order chi connectivity index (χ1) is 11.2. The van der Waals surface area contributed by atoms with E-state index in [2.05, 4.69) is 10.6 Å². The van der Waals surface area contributed by atoms with Gasteiger partial charge in [0.25, 0.3) is 0 Å². The Balaban J connectivity index is 2.32. The smallest absolute Gasteiger partial charge is 0.407 e. The lowest BCUT2D eigenvalue weighted by Crippen LogP contribution is -2.46. The molecule has 7 heteroatoms. The highest BCUT2D eigenvalue weighted by Crippen LogP contribution is 2.08. The number of hydrogen-bond acceptors (Lipinski definition) is 5. The quantitative estimate of drug-likeness (QED) is 0.658. The number of carbonyl (C=O) groups excluding carboxylic acids is 2. The van der Waals surface area contributed by atoms with E-state index in [1.165, 1.54) is 0 Å². The van der Waals surface area contributed by atoms with E-state index in [0.29, 0.717) is 19.4 Å². The van der Waals surface area contributed by atoms with Crippen molar-refractivity contribution in [3.05, 3.63) is 12.2 Å². The van der Waals surface area contributed by atoms with Crippen LogP contribution in [0.4, 0.5) is 4.79 Å². The van der Waals surface area contributed by atoms with Gasteiger partial charge < -0.3 is 25.2 Å². The average Bonchev–Trinajstić information content (AvgIpc) is 2.42. The van der Waals surface area contributed by atoms with Crippen LogP contribution in [0.25, 0.3) is 0 Å². The molecule has 1 aliphatic heterocycles. The van der Waals surface area contributed by atoms with Crippen LogP contribution in [0.15, 0.2) is 12.2 Å². The Hall–Kier alpha value is -1.60. The predicted molar refractivity (Wildman–Crippen MR) is 90.6 cm³/mol. The molecule has 3 N–H and O–H groups in total. The van der Waals surface area contributed by atoms with Crippen LogP contribution in [0.3, 0.4) is 0 Å². The Kier molecular flexibility index (Phi) is 8.21. The molecule has 1 heterocycles. The molecule has 1 rings (SSSR count). The highest BCUT2D eigenvalue weighted by atomic mass is 16.6. The Morgan fingerprint density at radius 3 is 2.75 bits per heavy atom. The molecular formula is C17H30N2O5. The summed E-state index contributed by atoms with van der Waals surface area (Å²) in [5.74, 6) is -0.161. The summed E-state index contributed by atoms with van der Waals surface area (Å²) < 4.78 is 10.4. The van der Waals surface area contributed by atoms with E-state index in [0.717, 1.165) is 0 Å². The molecule has 3 atom stereocenters. The van der Waals surface area contributed by atoms with E-state index in [1.807, 2.05) is 19.1 Å². The van der Waals surface area contributed by atoms with Gasteiger partial charge in [0.15, 0.2) is 0 Å². The second-order valence-corrected chi connectivity index (χ2v) is 7.07. The van der Waals surface area contributed by atoms with Gasteiger partial charge in [-0.25, -0.2) is 4.79 Å². The Bertz CT molecular complexity index is 445. The van der Waals surface area contributed by atoms with Crippen molar-refractivity contribution in [3.63, 3.8) is 0 Å². The number of carbonyl (C=O) groups is 2. The van der Waals surface area contributed by atoms with Gasteiger partial charge in [0.1, 0.15) is 5.60 Å². The molecule has 0 saturated heterocycles. The van der Waals surface area contributed by atoms with Gasteiger partial charge in [0, 0.05) is 12.5 Å². The fraction of sp³-hybridized carbons (Fsp3) is 0.765. The average molecular weight is 342 g/mol. The maximum atomic E-state index is 12.0. The van der Waals surface area contributed by atoms with Gasteiger partial charge in [-0.1, -0.05) is 12.2 Å². The van der Waals surface area contributed by atoms with Crippen molar-refractivity contribution in [3.8, 4) is 0 Å². The summed E-state index contributed by atoms with van der Waals surface area (Å²) in [6, 6.07) is -0.542. The molecule has 0 radical (unpaired) electrons. The third-order valence-corrected chi connectivity index (χ3v) is 3.44. The number of rotatable bonds is 5. The minimum absolute atomic E-state index is 0.161. The largest absolute Gasteiger partial charge is 0.444 e. The number of hydrogen-bond donors (Lipinski definition) is 3. The molecule has 138 valence electrons. The molecule has 1 unspecified atom stereocenters. The van der Waals surface area contributed by atoms with Crippen LogP contribution in [-0.2, 0) is 14.3 Å². The summed E-state index contributed by atoms with van der Waals surface area (Å²) in [6.45, 7) is 7.88. The Morgan fingerprint density at radius 1 is 1.38 bits per heavy atom. The van der Waals surface area contributed by atoms with Crippen molar-refractivity contribution < 1.29 is 24.2 Å². The van der Waals surface area contributed by atoms with Crippen LogP contribution in [0, 0.1) is 0 Å². The van der Waals surface area contributed by atoms with Crippen molar-refractivity contribution in [1.29, 1.82) is 0 Å². The third-order valence-electron chi connectivity index (χ3n) is 3.44. The van der Waals surface area contributed by atoms with Gasteiger partial charge in [0.2, 0.25) is 5.91 Å². The van der Waals surface area contributed by atoms with Crippen molar-refractivity contribution in [2.45, 2.75) is 70.7 Å². The monoisotopic (exact) mass is 342 g/mol. The molecule has 2 amide bonds. The van der Waals surface area contributed by atoms with Crippen molar-refractivity contribution in [2.75, 3.05) is 13.2 Å². The van der Waals surface area contributed by atoms with Crippen molar-refractivity contribution in [1.82, 2.24) is 10.6 Å². The minimum Gasteiger partial charge on any atom is -0.444 e. The van der Waals surface area contributed by atoms with E-state index in [1.54, 1.807) is 20.8 Å². The van der Waals surface area contributed by atoms with E-state index in [-0.39, 0.29) is 31.0 Å². The van der Waals surface area contributed by atoms with Crippen molar-refractivity contribution >= 4 is 12.0 Å². The summed E-state index contributed by atoms with van der Waals surface area (Å²) >= 11 is 0. The van der Waals surface area contributed by atoms with Crippen molar-refractivity contribution in [2.24, 2.45) is 0 Å². The van der Waals surface area contributed by atoms with E-state index >= 15 is 0 Å². The van der Waals surface area contributed by atoms with Gasteiger partial charge in [-0.3, -0.25) is 4.79 Å². The molecule has 0 aromatic carbocycles. The highest BCUT2D eigenvalue weighted by molar-refractivity contribution is 5.76. The molecule has 24 heavy (non-hydrogen) atoms.